The molecule has 1 aliphatic rings. The minimum Gasteiger partial charge on any atom is -0.481 e. The van der Waals surface area contributed by atoms with Gasteiger partial charge in [-0.15, -0.1) is 0 Å². The maximum atomic E-state index is 14.0. The summed E-state index contributed by atoms with van der Waals surface area (Å²) in [5, 5.41) is 36.5. The van der Waals surface area contributed by atoms with E-state index in [0.717, 1.165) is 0 Å². The first kappa shape index (κ1) is 62.1. The highest BCUT2D eigenvalue weighted by Crippen LogP contribution is 2.20. The summed E-state index contributed by atoms with van der Waals surface area (Å²) in [4.78, 5) is 145. The smallest absolute Gasteiger partial charge is 0.326 e. The number of aliphatic carboxylic acids is 2. The van der Waals surface area contributed by atoms with E-state index in [9.17, 15) is 63.0 Å². The Morgan fingerprint density at radius 2 is 1.04 bits per heavy atom. The SMILES string of the molecule is CC(C)C[C@H](NC(=O)CNC(=O)[C@H](CC(C)C)NC(=O)[C@H](CC(C)C)NC(=O)[C@H](CC(C)C)NC(=O)[C@H](CC(N)=O)NC(=O)[C@H](CCC(=O)O)NC(=O)[C@@H]1CCCN1C(=O)[C@@H](N)CCCCN)C(=O)O. The second-order valence-corrected chi connectivity index (χ2v) is 19.7. The lowest BCUT2D eigenvalue weighted by atomic mass is 9.98. The average Bonchev–Trinajstić information content (AvgIpc) is 3.75. The minimum absolute atomic E-state index is 0.00421. The van der Waals surface area contributed by atoms with Crippen molar-refractivity contribution in [3.05, 3.63) is 0 Å². The van der Waals surface area contributed by atoms with Gasteiger partial charge >= 0.3 is 11.9 Å². The molecule has 0 bridgehead atoms. The van der Waals surface area contributed by atoms with Gasteiger partial charge in [-0.1, -0.05) is 61.8 Å². The topological polar surface area (TPSA) is 394 Å². The van der Waals surface area contributed by atoms with Crippen LogP contribution in [0.25, 0.3) is 0 Å². The van der Waals surface area contributed by atoms with Gasteiger partial charge in [-0.3, -0.25) is 47.9 Å². The van der Waals surface area contributed by atoms with E-state index in [-0.39, 0.29) is 62.3 Å². The molecule has 398 valence electrons. The fourth-order valence-corrected chi connectivity index (χ4v) is 7.79. The van der Waals surface area contributed by atoms with Crippen LogP contribution in [0.5, 0.6) is 0 Å². The number of likely N-dealkylation sites (tertiary alicyclic amines) is 1. The lowest BCUT2D eigenvalue weighted by molar-refractivity contribution is -0.142. The number of nitrogens with two attached hydrogens (primary N) is 3. The molecule has 1 aliphatic heterocycles. The van der Waals surface area contributed by atoms with Gasteiger partial charge in [0.2, 0.25) is 53.2 Å². The van der Waals surface area contributed by atoms with Crippen LogP contribution < -0.4 is 54.4 Å². The van der Waals surface area contributed by atoms with E-state index in [1.54, 1.807) is 55.4 Å². The molecule has 0 aliphatic carbocycles. The lowest BCUT2D eigenvalue weighted by Crippen LogP contribution is -2.60. The van der Waals surface area contributed by atoms with E-state index < -0.39 is 139 Å². The van der Waals surface area contributed by atoms with Crippen LogP contribution in [0.4, 0.5) is 0 Å². The number of nitrogens with one attached hydrogen (secondary N) is 7. The third-order valence-corrected chi connectivity index (χ3v) is 11.2. The third-order valence-electron chi connectivity index (χ3n) is 11.2. The zero-order valence-corrected chi connectivity index (χ0v) is 42.1. The highest BCUT2D eigenvalue weighted by atomic mass is 16.4. The number of hydrogen-bond donors (Lipinski definition) is 12. The van der Waals surface area contributed by atoms with Crippen molar-refractivity contribution < 1.29 is 63.0 Å². The Morgan fingerprint density at radius 3 is 1.50 bits per heavy atom. The van der Waals surface area contributed by atoms with Crippen LogP contribution in [0.1, 0.15) is 132 Å². The van der Waals surface area contributed by atoms with Gasteiger partial charge in [0.1, 0.15) is 42.3 Å². The molecule has 1 fully saturated rings. The van der Waals surface area contributed by atoms with Crippen LogP contribution in [0.15, 0.2) is 0 Å². The van der Waals surface area contributed by atoms with Crippen LogP contribution in [-0.2, 0) is 52.7 Å². The largest absolute Gasteiger partial charge is 0.481 e. The molecular weight excluding hydrogens is 915 g/mol. The molecule has 0 aromatic carbocycles. The number of carbonyl (C=O) groups is 11. The second kappa shape index (κ2) is 31.3. The lowest BCUT2D eigenvalue weighted by Gasteiger charge is -2.29. The molecule has 1 rings (SSSR count). The molecule has 0 aromatic heterocycles. The number of nitrogens with zero attached hydrogens (tertiary/aromatic N) is 1. The molecule has 0 saturated carbocycles. The summed E-state index contributed by atoms with van der Waals surface area (Å²) >= 11 is 0. The number of rotatable bonds is 33. The van der Waals surface area contributed by atoms with Gasteiger partial charge in [0, 0.05) is 13.0 Å². The molecule has 24 heteroatoms. The zero-order valence-electron chi connectivity index (χ0n) is 42.1. The molecule has 24 nitrogen and oxygen atoms in total. The van der Waals surface area contributed by atoms with Gasteiger partial charge in [0.25, 0.3) is 0 Å². The standard InChI is InChI=1S/C46H81N11O13/c1-24(2)18-30(39(62)50-23-37(59)51-34(46(69)70)21-27(7)8)53-41(64)31(19-25(3)4)54-42(65)32(20-26(5)6)55-43(66)33(22-36(49)58)56-40(63)29(14-15-38(60)61)52-44(67)35-13-11-17-57(35)45(68)28(48)12-9-10-16-47/h24-35H,9-23,47-48H2,1-8H3,(H2,49,58)(H,50,62)(H,51,59)(H,52,67)(H,53,64)(H,54,65)(H,55,66)(H,56,63)(H,60,61)(H,69,70)/t28-,29-,30-,31-,32-,33-,34-,35-/m0/s1. The average molecular weight is 996 g/mol. The van der Waals surface area contributed by atoms with Gasteiger partial charge < -0.3 is 69.5 Å². The molecule has 9 amide bonds. The van der Waals surface area contributed by atoms with Crippen LogP contribution in [0, 0.1) is 23.7 Å². The number of carbonyl (C=O) groups excluding carboxylic acids is 9. The molecule has 0 aromatic rings. The summed E-state index contributed by atoms with van der Waals surface area (Å²) in [6.07, 6.45) is 0.788. The first-order chi connectivity index (χ1) is 32.7. The number of hydrogen-bond acceptors (Lipinski definition) is 13. The summed E-state index contributed by atoms with van der Waals surface area (Å²) in [5.41, 5.74) is 17.1. The number of carboxylic acid groups (broad SMARTS) is 2. The van der Waals surface area contributed by atoms with Gasteiger partial charge in [0.05, 0.1) is 19.0 Å². The molecule has 8 atom stereocenters. The first-order valence-corrected chi connectivity index (χ1v) is 24.2. The van der Waals surface area contributed by atoms with Crippen molar-refractivity contribution in [3.63, 3.8) is 0 Å². The molecule has 15 N–H and O–H groups in total. The Balaban J connectivity index is 3.32. The quantitative estimate of drug-likeness (QED) is 0.0332. The maximum Gasteiger partial charge on any atom is 0.326 e. The molecule has 1 heterocycles. The van der Waals surface area contributed by atoms with Gasteiger partial charge in [0.15, 0.2) is 0 Å². The number of unbranched alkanes of at least 4 members (excludes halogenated alkanes) is 1. The summed E-state index contributed by atoms with van der Waals surface area (Å²) in [6.45, 7) is 14.3. The van der Waals surface area contributed by atoms with E-state index in [4.69, 9.17) is 17.2 Å². The van der Waals surface area contributed by atoms with E-state index in [2.05, 4.69) is 37.2 Å². The summed E-state index contributed by atoms with van der Waals surface area (Å²) in [5.74, 6) is -10.6. The normalized spacial score (nSPS) is 16.5. The molecule has 0 radical (unpaired) electrons. The molecule has 1 saturated heterocycles. The van der Waals surface area contributed by atoms with Gasteiger partial charge in [-0.25, -0.2) is 4.79 Å². The monoisotopic (exact) mass is 996 g/mol. The summed E-state index contributed by atoms with van der Waals surface area (Å²) in [7, 11) is 0. The van der Waals surface area contributed by atoms with E-state index >= 15 is 0 Å². The Labute approximate surface area is 410 Å². The second-order valence-electron chi connectivity index (χ2n) is 19.7. The molecule has 70 heavy (non-hydrogen) atoms. The van der Waals surface area contributed by atoms with Crippen molar-refractivity contribution in [2.75, 3.05) is 19.6 Å². The van der Waals surface area contributed by atoms with Crippen LogP contribution in [0.2, 0.25) is 0 Å². The van der Waals surface area contributed by atoms with E-state index in [1.807, 2.05) is 0 Å². The number of carboxylic acids is 2. The minimum atomic E-state index is -1.73. The van der Waals surface area contributed by atoms with Crippen molar-refractivity contribution in [2.45, 2.75) is 181 Å². The van der Waals surface area contributed by atoms with Crippen LogP contribution in [0.3, 0.4) is 0 Å². The Kier molecular flexibility index (Phi) is 27.8. The third kappa shape index (κ3) is 23.6. The predicted octanol–water partition coefficient (Wildman–Crippen LogP) is -1.53. The van der Waals surface area contributed by atoms with Gasteiger partial charge in [-0.05, 0) is 88.0 Å². The highest BCUT2D eigenvalue weighted by molar-refractivity contribution is 5.99. The summed E-state index contributed by atoms with van der Waals surface area (Å²) < 4.78 is 0. The number of amides is 9. The van der Waals surface area contributed by atoms with Crippen molar-refractivity contribution in [2.24, 2.45) is 40.9 Å². The molecular formula is C46H81N11O13. The van der Waals surface area contributed by atoms with Crippen LogP contribution in [-0.4, -0.2) is 148 Å². The Bertz CT molecular complexity index is 1810. The van der Waals surface area contributed by atoms with Crippen LogP contribution >= 0.6 is 0 Å². The van der Waals surface area contributed by atoms with E-state index in [1.165, 1.54) is 4.90 Å². The first-order valence-electron chi connectivity index (χ1n) is 24.2. The van der Waals surface area contributed by atoms with Crippen molar-refractivity contribution in [1.82, 2.24) is 42.1 Å². The zero-order chi connectivity index (χ0) is 53.4. The Morgan fingerprint density at radius 1 is 0.586 bits per heavy atom. The predicted molar refractivity (Wildman–Crippen MR) is 256 cm³/mol. The van der Waals surface area contributed by atoms with Crippen molar-refractivity contribution in [1.29, 1.82) is 0 Å². The Hall–Kier alpha value is -5.91. The fourth-order valence-electron chi connectivity index (χ4n) is 7.79. The van der Waals surface area contributed by atoms with Crippen molar-refractivity contribution in [3.8, 4) is 0 Å². The van der Waals surface area contributed by atoms with E-state index in [0.29, 0.717) is 32.2 Å². The van der Waals surface area contributed by atoms with Gasteiger partial charge in [-0.2, -0.15) is 0 Å². The van der Waals surface area contributed by atoms with Crippen molar-refractivity contribution >= 4 is 65.1 Å². The number of primary amides is 1. The molecule has 0 spiro atoms. The fraction of sp³-hybridized carbons (Fsp3) is 0.761. The summed E-state index contributed by atoms with van der Waals surface area (Å²) in [6, 6.07) is -10.2. The maximum absolute atomic E-state index is 14.0. The molecule has 0 unspecified atom stereocenters. The highest BCUT2D eigenvalue weighted by Gasteiger charge is 2.39.